The van der Waals surface area contributed by atoms with Gasteiger partial charge in [-0.2, -0.15) is 0 Å². The summed E-state index contributed by atoms with van der Waals surface area (Å²) in [5.41, 5.74) is 12.0. The Morgan fingerprint density at radius 3 is 1.81 bits per heavy atom. The number of imidazole rings is 1. The molecule has 2 N–H and O–H groups in total. The van der Waals surface area contributed by atoms with Crippen molar-refractivity contribution in [3.8, 4) is 22.8 Å². The Morgan fingerprint density at radius 2 is 1.21 bits per heavy atom. The second-order valence-electron chi connectivity index (χ2n) is 10.2. The van der Waals surface area contributed by atoms with Crippen LogP contribution in [-0.2, 0) is 5.54 Å². The number of ether oxygens (including phenoxy) is 1. The molecule has 0 bridgehead atoms. The third-order valence-corrected chi connectivity index (χ3v) is 7.65. The summed E-state index contributed by atoms with van der Waals surface area (Å²) in [6.45, 7) is 0. The number of anilines is 1. The molecule has 0 saturated carbocycles. The Labute approximate surface area is 244 Å². The van der Waals surface area contributed by atoms with Gasteiger partial charge in [-0.3, -0.25) is 4.98 Å². The van der Waals surface area contributed by atoms with Gasteiger partial charge in [-0.05, 0) is 59.2 Å². The van der Waals surface area contributed by atoms with Gasteiger partial charge in [0.05, 0.1) is 17.5 Å². The van der Waals surface area contributed by atoms with Gasteiger partial charge in [-0.15, -0.1) is 0 Å². The Bertz CT molecular complexity index is 1850. The number of fused-ring (bicyclic) bond motifs is 1. The van der Waals surface area contributed by atoms with Gasteiger partial charge in [-0.25, -0.2) is 4.98 Å². The summed E-state index contributed by atoms with van der Waals surface area (Å²) in [5.74, 6) is 1.46. The van der Waals surface area contributed by atoms with Gasteiger partial charge < -0.3 is 15.0 Å². The number of nitrogens with zero attached hydrogens (tertiary/aromatic N) is 3. The summed E-state index contributed by atoms with van der Waals surface area (Å²) in [4.78, 5) is 9.57. The molecule has 0 aliphatic heterocycles. The van der Waals surface area contributed by atoms with E-state index in [4.69, 9.17) is 15.5 Å². The van der Waals surface area contributed by atoms with E-state index in [-0.39, 0.29) is 0 Å². The Balaban J connectivity index is 1.34. The molecule has 0 radical (unpaired) electrons. The van der Waals surface area contributed by atoms with Crippen LogP contribution in [-0.4, -0.2) is 14.5 Å². The Hall–Kier alpha value is -5.68. The first kappa shape index (κ1) is 25.3. The monoisotopic (exact) mass is 544 g/mol. The van der Waals surface area contributed by atoms with E-state index in [9.17, 15) is 0 Å². The summed E-state index contributed by atoms with van der Waals surface area (Å²) in [6.07, 6.45) is 5.83. The van der Waals surface area contributed by atoms with Crippen LogP contribution < -0.4 is 10.5 Å². The summed E-state index contributed by atoms with van der Waals surface area (Å²) in [5, 5.41) is 0.921. The third kappa shape index (κ3) is 4.47. The van der Waals surface area contributed by atoms with E-state index in [1.165, 1.54) is 0 Å². The smallest absolute Gasteiger partial charge is 0.138 e. The zero-order valence-electron chi connectivity index (χ0n) is 22.8. The van der Waals surface area contributed by atoms with E-state index >= 15 is 0 Å². The van der Waals surface area contributed by atoms with E-state index < -0.39 is 5.54 Å². The van der Waals surface area contributed by atoms with E-state index in [2.05, 4.69) is 119 Å². The number of rotatable bonds is 7. The molecule has 0 aliphatic carbocycles. The average molecular weight is 545 g/mol. The highest BCUT2D eigenvalue weighted by molar-refractivity contribution is 5.88. The lowest BCUT2D eigenvalue weighted by molar-refractivity contribution is 0.488. The van der Waals surface area contributed by atoms with Crippen molar-refractivity contribution >= 4 is 16.6 Å². The number of aromatic nitrogens is 3. The number of nitrogens with two attached hydrogens (primary N) is 1. The fourth-order valence-corrected chi connectivity index (χ4v) is 5.67. The van der Waals surface area contributed by atoms with Crippen LogP contribution in [0, 0.1) is 0 Å². The van der Waals surface area contributed by atoms with Crippen LogP contribution in [0.2, 0.25) is 0 Å². The van der Waals surface area contributed by atoms with E-state index in [0.29, 0.717) is 5.69 Å². The molecule has 5 nitrogen and oxygen atoms in total. The molecule has 5 heteroatoms. The van der Waals surface area contributed by atoms with Crippen molar-refractivity contribution in [3.05, 3.63) is 175 Å². The van der Waals surface area contributed by atoms with Crippen LogP contribution in [0.3, 0.4) is 0 Å². The van der Waals surface area contributed by atoms with Crippen LogP contribution >= 0.6 is 0 Å². The number of hydrogen-bond acceptors (Lipinski definition) is 4. The lowest BCUT2D eigenvalue weighted by Crippen LogP contribution is -2.36. The molecular formula is C37H28N4O. The van der Waals surface area contributed by atoms with Gasteiger partial charge in [0.2, 0.25) is 0 Å². The molecule has 2 aromatic heterocycles. The molecule has 0 saturated heterocycles. The SMILES string of the molecule is Nc1ccc(Oc2ccnc3cc(-c4cn(C(c5ccccc5)(c5ccccc5)c5ccccc5)cn4)ccc23)cc1. The second-order valence-corrected chi connectivity index (χ2v) is 10.2. The maximum Gasteiger partial charge on any atom is 0.138 e. The topological polar surface area (TPSA) is 66.0 Å². The highest BCUT2D eigenvalue weighted by atomic mass is 16.5. The molecule has 0 unspecified atom stereocenters. The minimum Gasteiger partial charge on any atom is -0.457 e. The summed E-state index contributed by atoms with van der Waals surface area (Å²) >= 11 is 0. The van der Waals surface area contributed by atoms with Gasteiger partial charge >= 0.3 is 0 Å². The number of hydrogen-bond donors (Lipinski definition) is 1. The number of nitrogen functional groups attached to an aromatic ring is 1. The Kier molecular flexibility index (Phi) is 6.45. The number of benzene rings is 5. The quantitative estimate of drug-likeness (QED) is 0.162. The maximum absolute atomic E-state index is 6.17. The molecule has 2 heterocycles. The molecule has 5 aromatic carbocycles. The predicted molar refractivity (Wildman–Crippen MR) is 168 cm³/mol. The van der Waals surface area contributed by atoms with Crippen molar-refractivity contribution in [1.82, 2.24) is 14.5 Å². The molecule has 202 valence electrons. The van der Waals surface area contributed by atoms with Crippen molar-refractivity contribution in [2.45, 2.75) is 5.54 Å². The normalized spacial score (nSPS) is 11.4. The van der Waals surface area contributed by atoms with Crippen LogP contribution in [0.25, 0.3) is 22.2 Å². The van der Waals surface area contributed by atoms with Crippen molar-refractivity contribution < 1.29 is 4.74 Å². The molecule has 7 rings (SSSR count). The van der Waals surface area contributed by atoms with Crippen molar-refractivity contribution in [3.63, 3.8) is 0 Å². The second kappa shape index (κ2) is 10.7. The highest BCUT2D eigenvalue weighted by Gasteiger charge is 2.38. The summed E-state index contributed by atoms with van der Waals surface area (Å²) in [7, 11) is 0. The van der Waals surface area contributed by atoms with E-state index in [0.717, 1.165) is 50.3 Å². The first-order valence-corrected chi connectivity index (χ1v) is 13.9. The minimum atomic E-state index is -0.621. The van der Waals surface area contributed by atoms with Crippen LogP contribution in [0.4, 0.5) is 5.69 Å². The Morgan fingerprint density at radius 1 is 0.619 bits per heavy atom. The molecule has 0 amide bonds. The van der Waals surface area contributed by atoms with Crippen LogP contribution in [0.5, 0.6) is 11.5 Å². The zero-order chi connectivity index (χ0) is 28.4. The lowest BCUT2D eigenvalue weighted by Gasteiger charge is -2.37. The molecule has 42 heavy (non-hydrogen) atoms. The summed E-state index contributed by atoms with van der Waals surface area (Å²) < 4.78 is 8.40. The standard InChI is InChI=1S/C37H28N4O/c38-31-17-19-32(20-18-31)42-36-22-23-39-34-24-27(16-21-33(34)36)35-25-41(26-40-35)37(28-10-4-1-5-11-28,29-12-6-2-7-13-29)30-14-8-3-9-15-30/h1-26H,38H2. The van der Waals surface area contributed by atoms with E-state index in [1.54, 1.807) is 6.20 Å². The molecule has 0 fully saturated rings. The fourth-order valence-electron chi connectivity index (χ4n) is 5.67. The average Bonchev–Trinajstić information content (AvgIpc) is 3.55. The maximum atomic E-state index is 6.17. The van der Waals surface area contributed by atoms with Gasteiger partial charge in [0.25, 0.3) is 0 Å². The van der Waals surface area contributed by atoms with Gasteiger partial charge in [0.15, 0.2) is 0 Å². The largest absolute Gasteiger partial charge is 0.457 e. The first-order chi connectivity index (χ1) is 20.7. The van der Waals surface area contributed by atoms with Crippen LogP contribution in [0.1, 0.15) is 16.7 Å². The first-order valence-electron chi connectivity index (χ1n) is 13.9. The fraction of sp³-hybridized carbons (Fsp3) is 0.0270. The van der Waals surface area contributed by atoms with E-state index in [1.807, 2.05) is 42.7 Å². The molecular weight excluding hydrogens is 516 g/mol. The zero-order valence-corrected chi connectivity index (χ0v) is 22.8. The van der Waals surface area contributed by atoms with Crippen LogP contribution in [0.15, 0.2) is 158 Å². The molecule has 0 aliphatic rings. The number of pyridine rings is 1. The van der Waals surface area contributed by atoms with Gasteiger partial charge in [-0.1, -0.05) is 97.1 Å². The minimum absolute atomic E-state index is 0.621. The predicted octanol–water partition coefficient (Wildman–Crippen LogP) is 8.31. The van der Waals surface area contributed by atoms with Gasteiger partial charge in [0, 0.05) is 29.0 Å². The summed E-state index contributed by atoms with van der Waals surface area (Å²) in [6, 6.07) is 47.2. The molecule has 0 spiro atoms. The lowest BCUT2D eigenvalue weighted by atomic mass is 9.77. The highest BCUT2D eigenvalue weighted by Crippen LogP contribution is 2.41. The third-order valence-electron chi connectivity index (χ3n) is 7.65. The molecule has 7 aromatic rings. The van der Waals surface area contributed by atoms with Gasteiger partial charge in [0.1, 0.15) is 17.0 Å². The molecule has 0 atom stereocenters. The van der Waals surface area contributed by atoms with Crippen molar-refractivity contribution in [2.24, 2.45) is 0 Å². The van der Waals surface area contributed by atoms with Crippen molar-refractivity contribution in [1.29, 1.82) is 0 Å². The van der Waals surface area contributed by atoms with Crippen molar-refractivity contribution in [2.75, 3.05) is 5.73 Å².